The van der Waals surface area contributed by atoms with Gasteiger partial charge in [0.25, 0.3) is 0 Å². The molecule has 2 heterocycles. The minimum absolute atomic E-state index is 0.0892. The number of nitrogens with zero attached hydrogens (tertiary/aromatic N) is 4. The van der Waals surface area contributed by atoms with Crippen LogP contribution >= 0.6 is 23.1 Å². The maximum atomic E-state index is 12.9. The van der Waals surface area contributed by atoms with E-state index >= 15 is 0 Å². The number of hydrogen-bond donors (Lipinski definition) is 0. The predicted octanol–water partition coefficient (Wildman–Crippen LogP) is 3.51. The molecule has 2 aromatic rings. The number of rotatable bonds is 6. The second kappa shape index (κ2) is 8.21. The van der Waals surface area contributed by atoms with Gasteiger partial charge in [0.05, 0.1) is 5.25 Å². The molecule has 0 N–H and O–H groups in total. The fourth-order valence-electron chi connectivity index (χ4n) is 3.46. The van der Waals surface area contributed by atoms with Gasteiger partial charge in [0.15, 0.2) is 4.34 Å². The molecule has 0 saturated heterocycles. The number of anilines is 1. The predicted molar refractivity (Wildman–Crippen MR) is 112 cm³/mol. The SMILES string of the molecule is CCC(=O)N(c1nnc(S[C@@H](C)C(=O)N2CCc3ccccc3C2)s1)C1CC1. The minimum Gasteiger partial charge on any atom is -0.337 e. The van der Waals surface area contributed by atoms with Crippen molar-refractivity contribution in [3.63, 3.8) is 0 Å². The molecular weight excluding hydrogens is 392 g/mol. The van der Waals surface area contributed by atoms with Crippen LogP contribution in [0.25, 0.3) is 0 Å². The van der Waals surface area contributed by atoms with Gasteiger partial charge in [0.1, 0.15) is 0 Å². The third-order valence-electron chi connectivity index (χ3n) is 5.15. The van der Waals surface area contributed by atoms with E-state index in [0.29, 0.717) is 18.1 Å². The van der Waals surface area contributed by atoms with Gasteiger partial charge < -0.3 is 4.90 Å². The summed E-state index contributed by atoms with van der Waals surface area (Å²) in [6, 6.07) is 8.58. The molecule has 8 heteroatoms. The Labute approximate surface area is 173 Å². The van der Waals surface area contributed by atoms with Gasteiger partial charge in [-0.1, -0.05) is 54.3 Å². The number of fused-ring (bicyclic) bond motifs is 1. The van der Waals surface area contributed by atoms with Crippen molar-refractivity contribution in [3.05, 3.63) is 35.4 Å². The highest BCUT2D eigenvalue weighted by Gasteiger charge is 2.35. The van der Waals surface area contributed by atoms with Crippen molar-refractivity contribution in [1.29, 1.82) is 0 Å². The van der Waals surface area contributed by atoms with Crippen molar-refractivity contribution in [2.75, 3.05) is 11.4 Å². The summed E-state index contributed by atoms with van der Waals surface area (Å²) in [5.74, 6) is 0.214. The molecule has 2 aliphatic rings. The van der Waals surface area contributed by atoms with Gasteiger partial charge >= 0.3 is 0 Å². The monoisotopic (exact) mass is 416 g/mol. The second-order valence-corrected chi connectivity index (χ2v) is 9.78. The third-order valence-corrected chi connectivity index (χ3v) is 7.25. The highest BCUT2D eigenvalue weighted by Crippen LogP contribution is 2.37. The van der Waals surface area contributed by atoms with E-state index in [1.807, 2.05) is 24.8 Å². The van der Waals surface area contributed by atoms with E-state index in [1.165, 1.54) is 34.2 Å². The first-order valence-corrected chi connectivity index (χ1v) is 11.4. The van der Waals surface area contributed by atoms with Crippen LogP contribution in [-0.4, -0.2) is 44.7 Å². The molecule has 28 heavy (non-hydrogen) atoms. The summed E-state index contributed by atoms with van der Waals surface area (Å²) >= 11 is 2.84. The molecule has 0 unspecified atom stereocenters. The number of amides is 2. The number of hydrogen-bond acceptors (Lipinski definition) is 6. The summed E-state index contributed by atoms with van der Waals surface area (Å²) < 4.78 is 0.739. The molecule has 1 aromatic heterocycles. The average molecular weight is 417 g/mol. The molecule has 1 saturated carbocycles. The van der Waals surface area contributed by atoms with Crippen LogP contribution in [-0.2, 0) is 22.6 Å². The topological polar surface area (TPSA) is 66.4 Å². The molecule has 2 amide bonds. The summed E-state index contributed by atoms with van der Waals surface area (Å²) in [4.78, 5) is 28.9. The first-order valence-electron chi connectivity index (χ1n) is 9.74. The van der Waals surface area contributed by atoms with Crippen LogP contribution in [0.15, 0.2) is 28.6 Å². The zero-order chi connectivity index (χ0) is 19.7. The molecule has 6 nitrogen and oxygen atoms in total. The van der Waals surface area contributed by atoms with E-state index in [4.69, 9.17) is 0 Å². The fourth-order valence-corrected chi connectivity index (χ4v) is 5.62. The average Bonchev–Trinajstić information content (AvgIpc) is 3.45. The largest absolute Gasteiger partial charge is 0.337 e. The van der Waals surface area contributed by atoms with Crippen molar-refractivity contribution >= 4 is 40.0 Å². The van der Waals surface area contributed by atoms with Crippen LogP contribution in [0.5, 0.6) is 0 Å². The first kappa shape index (κ1) is 19.4. The highest BCUT2D eigenvalue weighted by molar-refractivity contribution is 8.02. The lowest BCUT2D eigenvalue weighted by atomic mass is 10.00. The number of thioether (sulfide) groups is 1. The third kappa shape index (κ3) is 4.07. The van der Waals surface area contributed by atoms with Crippen molar-refractivity contribution in [2.24, 2.45) is 0 Å². The standard InChI is InChI=1S/C20H24N4O2S2/c1-3-17(25)24(16-8-9-16)19-21-22-20(28-19)27-13(2)18(26)23-11-10-14-6-4-5-7-15(14)12-23/h4-7,13,16H,3,8-12H2,1-2H3/t13-/m0/s1. The van der Waals surface area contributed by atoms with E-state index in [9.17, 15) is 9.59 Å². The Bertz CT molecular complexity index is 881. The molecule has 4 rings (SSSR count). The van der Waals surface area contributed by atoms with Gasteiger partial charge in [-0.25, -0.2) is 0 Å². The lowest BCUT2D eigenvalue weighted by Gasteiger charge is -2.30. The Hall–Kier alpha value is -1.93. The quantitative estimate of drug-likeness (QED) is 0.533. The molecule has 0 bridgehead atoms. The summed E-state index contributed by atoms with van der Waals surface area (Å²) in [7, 11) is 0. The zero-order valence-corrected chi connectivity index (χ0v) is 17.8. The fraction of sp³-hybridized carbons (Fsp3) is 0.500. The molecule has 1 aliphatic carbocycles. The summed E-state index contributed by atoms with van der Waals surface area (Å²) in [5, 5.41) is 8.89. The molecule has 1 fully saturated rings. The smallest absolute Gasteiger partial charge is 0.236 e. The van der Waals surface area contributed by atoms with Crippen LogP contribution in [0.1, 0.15) is 44.2 Å². The van der Waals surface area contributed by atoms with Crippen molar-refractivity contribution in [2.45, 2.75) is 61.7 Å². The number of carbonyl (C=O) groups is 2. The van der Waals surface area contributed by atoms with Gasteiger partial charge in [-0.05, 0) is 37.3 Å². The Kier molecular flexibility index (Phi) is 5.68. The lowest BCUT2D eigenvalue weighted by Crippen LogP contribution is -2.40. The van der Waals surface area contributed by atoms with E-state index in [2.05, 4.69) is 28.4 Å². The Morgan fingerprint density at radius 1 is 1.29 bits per heavy atom. The van der Waals surface area contributed by atoms with E-state index in [0.717, 1.165) is 30.1 Å². The maximum absolute atomic E-state index is 12.9. The Morgan fingerprint density at radius 3 is 2.75 bits per heavy atom. The van der Waals surface area contributed by atoms with Gasteiger partial charge in [-0.15, -0.1) is 10.2 Å². The normalized spacial score (nSPS) is 17.1. The molecular formula is C20H24N4O2S2. The summed E-state index contributed by atoms with van der Waals surface area (Å²) in [6.07, 6.45) is 3.42. The van der Waals surface area contributed by atoms with Gasteiger partial charge in [0.2, 0.25) is 16.9 Å². The first-order chi connectivity index (χ1) is 13.6. The molecule has 148 valence electrons. The van der Waals surface area contributed by atoms with E-state index < -0.39 is 0 Å². The number of aromatic nitrogens is 2. The van der Waals surface area contributed by atoms with Crippen molar-refractivity contribution in [3.8, 4) is 0 Å². The molecule has 0 spiro atoms. The highest BCUT2D eigenvalue weighted by atomic mass is 32.2. The number of benzene rings is 1. The lowest BCUT2D eigenvalue weighted by molar-refractivity contribution is -0.131. The van der Waals surface area contributed by atoms with Crippen LogP contribution in [0.4, 0.5) is 5.13 Å². The van der Waals surface area contributed by atoms with Crippen LogP contribution in [0.2, 0.25) is 0 Å². The summed E-state index contributed by atoms with van der Waals surface area (Å²) in [6.45, 7) is 5.21. The zero-order valence-electron chi connectivity index (χ0n) is 16.1. The van der Waals surface area contributed by atoms with Crippen LogP contribution in [0, 0.1) is 0 Å². The molecule has 1 aromatic carbocycles. The molecule has 0 radical (unpaired) electrons. The van der Waals surface area contributed by atoms with Crippen LogP contribution in [0.3, 0.4) is 0 Å². The Balaban J connectivity index is 1.40. The van der Waals surface area contributed by atoms with Gasteiger partial charge in [0, 0.05) is 25.6 Å². The van der Waals surface area contributed by atoms with E-state index in [1.54, 1.807) is 4.90 Å². The van der Waals surface area contributed by atoms with Gasteiger partial charge in [-0.3, -0.25) is 14.5 Å². The second-order valence-electron chi connectivity index (χ2n) is 7.24. The Morgan fingerprint density at radius 2 is 2.04 bits per heavy atom. The van der Waals surface area contributed by atoms with E-state index in [-0.39, 0.29) is 23.1 Å². The van der Waals surface area contributed by atoms with Crippen LogP contribution < -0.4 is 4.90 Å². The molecule has 1 aliphatic heterocycles. The summed E-state index contributed by atoms with van der Waals surface area (Å²) in [5.41, 5.74) is 2.57. The van der Waals surface area contributed by atoms with Crippen molar-refractivity contribution in [1.82, 2.24) is 15.1 Å². The van der Waals surface area contributed by atoms with Gasteiger partial charge in [-0.2, -0.15) is 0 Å². The number of carbonyl (C=O) groups excluding carboxylic acids is 2. The maximum Gasteiger partial charge on any atom is 0.236 e. The minimum atomic E-state index is -0.234. The van der Waals surface area contributed by atoms with Crippen molar-refractivity contribution < 1.29 is 9.59 Å². The molecule has 1 atom stereocenters.